The van der Waals surface area contributed by atoms with Crippen molar-refractivity contribution >= 4 is 5.69 Å². The normalized spacial score (nSPS) is 11.6. The molecule has 1 unspecified atom stereocenters. The van der Waals surface area contributed by atoms with E-state index < -0.39 is 0 Å². The molecule has 1 aromatic heterocycles. The molecule has 0 aliphatic carbocycles. The largest absolute Gasteiger partial charge is 0.377 e. The fourth-order valence-electron chi connectivity index (χ4n) is 1.84. The second-order valence-electron chi connectivity index (χ2n) is 4.35. The van der Waals surface area contributed by atoms with Crippen molar-refractivity contribution in [3.8, 4) is 6.07 Å². The van der Waals surface area contributed by atoms with E-state index in [1.807, 2.05) is 37.4 Å². The SMILES string of the molecule is Cc1cncc(NC(C)c2cccc(C#N)c2)c1. The van der Waals surface area contributed by atoms with Gasteiger partial charge in [-0.3, -0.25) is 4.98 Å². The van der Waals surface area contributed by atoms with Crippen LogP contribution in [-0.2, 0) is 0 Å². The Bertz CT molecular complexity index is 584. The summed E-state index contributed by atoms with van der Waals surface area (Å²) in [7, 11) is 0. The van der Waals surface area contributed by atoms with Crippen LogP contribution < -0.4 is 5.32 Å². The topological polar surface area (TPSA) is 48.7 Å². The number of rotatable bonds is 3. The third-order valence-electron chi connectivity index (χ3n) is 2.77. The van der Waals surface area contributed by atoms with E-state index in [9.17, 15) is 0 Å². The zero-order chi connectivity index (χ0) is 13.0. The molecule has 3 heteroatoms. The predicted molar refractivity (Wildman–Crippen MR) is 72.2 cm³/mol. The van der Waals surface area contributed by atoms with E-state index in [1.165, 1.54) is 0 Å². The Morgan fingerprint density at radius 2 is 2.11 bits per heavy atom. The van der Waals surface area contributed by atoms with Gasteiger partial charge in [-0.05, 0) is 43.2 Å². The van der Waals surface area contributed by atoms with Gasteiger partial charge in [0.25, 0.3) is 0 Å². The second-order valence-corrected chi connectivity index (χ2v) is 4.35. The van der Waals surface area contributed by atoms with E-state index in [1.54, 1.807) is 6.20 Å². The molecule has 0 amide bonds. The number of anilines is 1. The Morgan fingerprint density at radius 3 is 2.83 bits per heavy atom. The van der Waals surface area contributed by atoms with Crippen LogP contribution in [0.25, 0.3) is 0 Å². The molecule has 1 atom stereocenters. The summed E-state index contributed by atoms with van der Waals surface area (Å²) in [5.41, 5.74) is 3.89. The Balaban J connectivity index is 2.17. The van der Waals surface area contributed by atoms with Crippen LogP contribution in [0.5, 0.6) is 0 Å². The minimum Gasteiger partial charge on any atom is -0.377 e. The predicted octanol–water partition coefficient (Wildman–Crippen LogP) is 3.43. The lowest BCUT2D eigenvalue weighted by Crippen LogP contribution is -2.07. The van der Waals surface area contributed by atoms with Crippen LogP contribution in [0.4, 0.5) is 5.69 Å². The number of hydrogen-bond donors (Lipinski definition) is 1. The molecule has 0 radical (unpaired) electrons. The molecule has 0 bridgehead atoms. The zero-order valence-corrected chi connectivity index (χ0v) is 10.5. The quantitative estimate of drug-likeness (QED) is 0.889. The summed E-state index contributed by atoms with van der Waals surface area (Å²) in [5.74, 6) is 0. The first-order valence-electron chi connectivity index (χ1n) is 5.87. The molecule has 18 heavy (non-hydrogen) atoms. The first-order chi connectivity index (χ1) is 8.69. The minimum absolute atomic E-state index is 0.141. The fourth-order valence-corrected chi connectivity index (χ4v) is 1.84. The Hall–Kier alpha value is -2.34. The van der Waals surface area contributed by atoms with Gasteiger partial charge in [0, 0.05) is 18.4 Å². The van der Waals surface area contributed by atoms with Gasteiger partial charge in [0.15, 0.2) is 0 Å². The van der Waals surface area contributed by atoms with E-state index in [-0.39, 0.29) is 6.04 Å². The van der Waals surface area contributed by atoms with Crippen LogP contribution in [0.15, 0.2) is 42.7 Å². The maximum atomic E-state index is 8.89. The maximum absolute atomic E-state index is 8.89. The molecule has 90 valence electrons. The number of aromatic nitrogens is 1. The van der Waals surface area contributed by atoms with Crippen molar-refractivity contribution in [1.29, 1.82) is 5.26 Å². The summed E-state index contributed by atoms with van der Waals surface area (Å²) in [6, 6.07) is 12.0. The number of hydrogen-bond acceptors (Lipinski definition) is 3. The molecule has 0 spiro atoms. The highest BCUT2D eigenvalue weighted by atomic mass is 14.9. The number of nitriles is 1. The first kappa shape index (κ1) is 12.1. The Labute approximate surface area is 107 Å². The molecule has 2 aromatic rings. The highest BCUT2D eigenvalue weighted by Gasteiger charge is 2.06. The van der Waals surface area contributed by atoms with E-state index in [4.69, 9.17) is 5.26 Å². The summed E-state index contributed by atoms with van der Waals surface area (Å²) in [6.45, 7) is 4.08. The van der Waals surface area contributed by atoms with E-state index in [0.29, 0.717) is 5.56 Å². The van der Waals surface area contributed by atoms with E-state index >= 15 is 0 Å². The molecule has 1 aromatic carbocycles. The van der Waals surface area contributed by atoms with Crippen molar-refractivity contribution in [2.24, 2.45) is 0 Å². The number of aryl methyl sites for hydroxylation is 1. The van der Waals surface area contributed by atoms with Gasteiger partial charge in [-0.15, -0.1) is 0 Å². The molecule has 0 saturated heterocycles. The highest BCUT2D eigenvalue weighted by Crippen LogP contribution is 2.19. The van der Waals surface area contributed by atoms with Gasteiger partial charge in [0.2, 0.25) is 0 Å². The third-order valence-corrected chi connectivity index (χ3v) is 2.77. The zero-order valence-electron chi connectivity index (χ0n) is 10.5. The number of nitrogens with one attached hydrogen (secondary N) is 1. The molecular formula is C15H15N3. The van der Waals surface area contributed by atoms with Crippen molar-refractivity contribution in [1.82, 2.24) is 4.98 Å². The molecule has 2 rings (SSSR count). The summed E-state index contributed by atoms with van der Waals surface area (Å²) >= 11 is 0. The number of pyridine rings is 1. The monoisotopic (exact) mass is 237 g/mol. The van der Waals surface area contributed by atoms with Gasteiger partial charge in [-0.1, -0.05) is 12.1 Å². The van der Waals surface area contributed by atoms with Gasteiger partial charge < -0.3 is 5.32 Å². The van der Waals surface area contributed by atoms with Crippen LogP contribution in [0, 0.1) is 18.3 Å². The van der Waals surface area contributed by atoms with Crippen LogP contribution >= 0.6 is 0 Å². The molecule has 0 aliphatic heterocycles. The minimum atomic E-state index is 0.141. The average molecular weight is 237 g/mol. The maximum Gasteiger partial charge on any atom is 0.0991 e. The van der Waals surface area contributed by atoms with Gasteiger partial charge >= 0.3 is 0 Å². The van der Waals surface area contributed by atoms with E-state index in [0.717, 1.165) is 16.8 Å². The average Bonchev–Trinajstić information content (AvgIpc) is 2.39. The van der Waals surface area contributed by atoms with Crippen LogP contribution in [0.1, 0.15) is 29.7 Å². The second kappa shape index (κ2) is 5.33. The Morgan fingerprint density at radius 1 is 1.28 bits per heavy atom. The number of benzene rings is 1. The van der Waals surface area contributed by atoms with E-state index in [2.05, 4.69) is 29.4 Å². The molecule has 0 saturated carbocycles. The molecule has 3 nitrogen and oxygen atoms in total. The van der Waals surface area contributed by atoms with Gasteiger partial charge in [-0.2, -0.15) is 5.26 Å². The van der Waals surface area contributed by atoms with Crippen LogP contribution in [0.2, 0.25) is 0 Å². The molecule has 1 N–H and O–H groups in total. The van der Waals surface area contributed by atoms with Crippen molar-refractivity contribution in [3.63, 3.8) is 0 Å². The van der Waals surface area contributed by atoms with Gasteiger partial charge in [-0.25, -0.2) is 0 Å². The molecule has 0 fully saturated rings. The number of nitrogens with zero attached hydrogens (tertiary/aromatic N) is 2. The van der Waals surface area contributed by atoms with Crippen molar-refractivity contribution < 1.29 is 0 Å². The smallest absolute Gasteiger partial charge is 0.0991 e. The first-order valence-corrected chi connectivity index (χ1v) is 5.87. The fraction of sp³-hybridized carbons (Fsp3) is 0.200. The van der Waals surface area contributed by atoms with Crippen molar-refractivity contribution in [3.05, 3.63) is 59.4 Å². The lowest BCUT2D eigenvalue weighted by Gasteiger charge is -2.15. The van der Waals surface area contributed by atoms with Crippen molar-refractivity contribution in [2.75, 3.05) is 5.32 Å². The molecule has 0 aliphatic rings. The summed E-state index contributed by atoms with van der Waals surface area (Å²) in [5, 5.41) is 12.3. The lowest BCUT2D eigenvalue weighted by atomic mass is 10.1. The van der Waals surface area contributed by atoms with Crippen molar-refractivity contribution in [2.45, 2.75) is 19.9 Å². The third kappa shape index (κ3) is 2.86. The highest BCUT2D eigenvalue weighted by molar-refractivity contribution is 5.45. The summed E-state index contributed by atoms with van der Waals surface area (Å²) < 4.78 is 0. The standard InChI is InChI=1S/C15H15N3/c1-11-6-15(10-17-9-11)18-12(2)14-5-3-4-13(7-14)8-16/h3-7,9-10,12,18H,1-2H3. The van der Waals surface area contributed by atoms with Crippen LogP contribution in [0.3, 0.4) is 0 Å². The summed E-state index contributed by atoms with van der Waals surface area (Å²) in [4.78, 5) is 4.15. The molecular weight excluding hydrogens is 222 g/mol. The van der Waals surface area contributed by atoms with Gasteiger partial charge in [0.05, 0.1) is 17.3 Å². The summed E-state index contributed by atoms with van der Waals surface area (Å²) in [6.07, 6.45) is 3.63. The lowest BCUT2D eigenvalue weighted by molar-refractivity contribution is 0.881. The van der Waals surface area contributed by atoms with Gasteiger partial charge in [0.1, 0.15) is 0 Å². The van der Waals surface area contributed by atoms with Crippen LogP contribution in [-0.4, -0.2) is 4.98 Å². The molecule has 1 heterocycles. The Kier molecular flexibility index (Phi) is 3.59.